The first-order valence-corrected chi connectivity index (χ1v) is 9.90. The SMILES string of the molecule is COc1ccc(NC(=O)C2CCN(c3nc(C)nc4oc(C)c(C)c34)CC2)cc1. The Morgan fingerprint density at radius 3 is 2.48 bits per heavy atom. The highest BCUT2D eigenvalue weighted by Crippen LogP contribution is 2.33. The van der Waals surface area contributed by atoms with Gasteiger partial charge in [0.15, 0.2) is 0 Å². The minimum atomic E-state index is -0.0149. The largest absolute Gasteiger partial charge is 0.497 e. The van der Waals surface area contributed by atoms with Crippen LogP contribution in [-0.2, 0) is 4.79 Å². The molecule has 0 saturated carbocycles. The number of benzene rings is 1. The van der Waals surface area contributed by atoms with E-state index in [1.54, 1.807) is 7.11 Å². The Bertz CT molecular complexity index is 1030. The number of hydrogen-bond donors (Lipinski definition) is 1. The molecule has 0 spiro atoms. The van der Waals surface area contributed by atoms with E-state index in [0.29, 0.717) is 11.5 Å². The number of nitrogens with one attached hydrogen (secondary N) is 1. The van der Waals surface area contributed by atoms with Gasteiger partial charge < -0.3 is 19.4 Å². The summed E-state index contributed by atoms with van der Waals surface area (Å²) in [4.78, 5) is 24.1. The highest BCUT2D eigenvalue weighted by atomic mass is 16.5. The van der Waals surface area contributed by atoms with Crippen molar-refractivity contribution >= 4 is 28.5 Å². The van der Waals surface area contributed by atoms with Crippen molar-refractivity contribution in [1.29, 1.82) is 0 Å². The average molecular weight is 394 g/mol. The monoisotopic (exact) mass is 394 g/mol. The van der Waals surface area contributed by atoms with Crippen molar-refractivity contribution < 1.29 is 13.9 Å². The number of carbonyl (C=O) groups is 1. The summed E-state index contributed by atoms with van der Waals surface area (Å²) in [5.74, 6) is 3.30. The lowest BCUT2D eigenvalue weighted by Crippen LogP contribution is -2.38. The van der Waals surface area contributed by atoms with Crippen molar-refractivity contribution in [1.82, 2.24) is 9.97 Å². The highest BCUT2D eigenvalue weighted by Gasteiger charge is 2.28. The van der Waals surface area contributed by atoms with E-state index in [2.05, 4.69) is 15.2 Å². The molecule has 1 aromatic carbocycles. The quantitative estimate of drug-likeness (QED) is 0.720. The van der Waals surface area contributed by atoms with Crippen LogP contribution in [0.4, 0.5) is 11.5 Å². The number of ether oxygens (including phenoxy) is 1. The average Bonchev–Trinajstić information content (AvgIpc) is 3.01. The van der Waals surface area contributed by atoms with Crippen LogP contribution in [0.5, 0.6) is 5.75 Å². The number of amides is 1. The van der Waals surface area contributed by atoms with Crippen LogP contribution in [0.1, 0.15) is 30.0 Å². The van der Waals surface area contributed by atoms with Gasteiger partial charge >= 0.3 is 0 Å². The third-order valence-corrected chi connectivity index (χ3v) is 5.64. The summed E-state index contributed by atoms with van der Waals surface area (Å²) in [5, 5.41) is 4.00. The third-order valence-electron chi connectivity index (χ3n) is 5.64. The molecule has 0 aliphatic carbocycles. The molecule has 29 heavy (non-hydrogen) atoms. The Hall–Kier alpha value is -3.09. The molecular weight excluding hydrogens is 368 g/mol. The van der Waals surface area contributed by atoms with Crippen molar-refractivity contribution in [2.45, 2.75) is 33.6 Å². The molecule has 7 heteroatoms. The van der Waals surface area contributed by atoms with Gasteiger partial charge in [-0.15, -0.1) is 0 Å². The van der Waals surface area contributed by atoms with Crippen molar-refractivity contribution in [2.24, 2.45) is 5.92 Å². The van der Waals surface area contributed by atoms with Gasteiger partial charge in [-0.2, -0.15) is 4.98 Å². The number of aromatic nitrogens is 2. The molecule has 0 bridgehead atoms. The van der Waals surface area contributed by atoms with Crippen molar-refractivity contribution in [3.05, 3.63) is 41.4 Å². The lowest BCUT2D eigenvalue weighted by Gasteiger charge is -2.32. The molecule has 2 aromatic heterocycles. The fraction of sp³-hybridized carbons (Fsp3) is 0.409. The number of piperidine rings is 1. The van der Waals surface area contributed by atoms with Crippen LogP contribution in [-0.4, -0.2) is 36.1 Å². The van der Waals surface area contributed by atoms with Gasteiger partial charge in [0.1, 0.15) is 23.2 Å². The standard InChI is InChI=1S/C22H26N4O3/c1-13-14(2)29-22-19(13)20(23-15(3)24-22)26-11-9-16(10-12-26)21(27)25-17-5-7-18(28-4)8-6-17/h5-8,16H,9-12H2,1-4H3,(H,25,27). The summed E-state index contributed by atoms with van der Waals surface area (Å²) in [6.45, 7) is 7.42. The molecule has 1 aliphatic heterocycles. The predicted molar refractivity (Wildman–Crippen MR) is 113 cm³/mol. The fourth-order valence-electron chi connectivity index (χ4n) is 3.83. The van der Waals surface area contributed by atoms with Crippen LogP contribution < -0.4 is 15.0 Å². The molecule has 3 heterocycles. The smallest absolute Gasteiger partial charge is 0.231 e. The second-order valence-corrected chi connectivity index (χ2v) is 7.54. The second kappa shape index (κ2) is 7.73. The van der Waals surface area contributed by atoms with E-state index in [9.17, 15) is 4.79 Å². The van der Waals surface area contributed by atoms with E-state index in [-0.39, 0.29) is 11.8 Å². The number of furan rings is 1. The molecule has 1 amide bonds. The molecule has 1 N–H and O–H groups in total. The molecule has 3 aromatic rings. The highest BCUT2D eigenvalue weighted by molar-refractivity contribution is 5.93. The van der Waals surface area contributed by atoms with Gasteiger partial charge in [0.2, 0.25) is 11.6 Å². The Balaban J connectivity index is 1.45. The van der Waals surface area contributed by atoms with Crippen LogP contribution in [0.25, 0.3) is 11.1 Å². The van der Waals surface area contributed by atoms with Crippen LogP contribution in [0.2, 0.25) is 0 Å². The van der Waals surface area contributed by atoms with Crippen LogP contribution in [0, 0.1) is 26.7 Å². The Kier molecular flexibility index (Phi) is 5.13. The molecule has 152 valence electrons. The second-order valence-electron chi connectivity index (χ2n) is 7.54. The van der Waals surface area contributed by atoms with Crippen molar-refractivity contribution in [3.63, 3.8) is 0 Å². The van der Waals surface area contributed by atoms with Crippen LogP contribution in [0.15, 0.2) is 28.7 Å². The molecule has 1 fully saturated rings. The lowest BCUT2D eigenvalue weighted by atomic mass is 9.95. The summed E-state index contributed by atoms with van der Waals surface area (Å²) in [5.41, 5.74) is 2.51. The maximum Gasteiger partial charge on any atom is 0.231 e. The van der Waals surface area contributed by atoms with E-state index >= 15 is 0 Å². The molecule has 0 radical (unpaired) electrons. The molecule has 1 aliphatic rings. The molecular formula is C22H26N4O3. The first-order chi connectivity index (χ1) is 14.0. The van der Waals surface area contributed by atoms with E-state index < -0.39 is 0 Å². The maximum absolute atomic E-state index is 12.7. The predicted octanol–water partition coefficient (Wildman–Crippen LogP) is 4.01. The molecule has 7 nitrogen and oxygen atoms in total. The fourth-order valence-corrected chi connectivity index (χ4v) is 3.83. The normalized spacial score (nSPS) is 15.0. The first kappa shape index (κ1) is 19.2. The Labute approximate surface area is 170 Å². The maximum atomic E-state index is 12.7. The van der Waals surface area contributed by atoms with Gasteiger partial charge in [-0.05, 0) is 57.9 Å². The van der Waals surface area contributed by atoms with Gasteiger partial charge in [-0.3, -0.25) is 4.79 Å². The zero-order chi connectivity index (χ0) is 20.5. The van der Waals surface area contributed by atoms with E-state index in [1.807, 2.05) is 45.0 Å². The summed E-state index contributed by atoms with van der Waals surface area (Å²) in [7, 11) is 1.63. The van der Waals surface area contributed by atoms with Crippen LogP contribution >= 0.6 is 0 Å². The first-order valence-electron chi connectivity index (χ1n) is 9.90. The summed E-state index contributed by atoms with van der Waals surface area (Å²) in [6.07, 6.45) is 1.56. The molecule has 0 atom stereocenters. The summed E-state index contributed by atoms with van der Waals surface area (Å²) in [6, 6.07) is 7.40. The van der Waals surface area contributed by atoms with E-state index in [0.717, 1.165) is 59.9 Å². The number of fused-ring (bicyclic) bond motifs is 1. The number of hydrogen-bond acceptors (Lipinski definition) is 6. The molecule has 1 saturated heterocycles. The summed E-state index contributed by atoms with van der Waals surface area (Å²) >= 11 is 0. The minimum Gasteiger partial charge on any atom is -0.497 e. The zero-order valence-electron chi connectivity index (χ0n) is 17.3. The Morgan fingerprint density at radius 2 is 1.83 bits per heavy atom. The Morgan fingerprint density at radius 1 is 1.14 bits per heavy atom. The van der Waals surface area contributed by atoms with E-state index in [1.165, 1.54) is 0 Å². The van der Waals surface area contributed by atoms with Gasteiger partial charge in [0.05, 0.1) is 12.5 Å². The van der Waals surface area contributed by atoms with Gasteiger partial charge in [0.25, 0.3) is 0 Å². The number of rotatable bonds is 4. The number of methoxy groups -OCH3 is 1. The van der Waals surface area contributed by atoms with Gasteiger partial charge in [-0.1, -0.05) is 0 Å². The van der Waals surface area contributed by atoms with Crippen molar-refractivity contribution in [3.8, 4) is 5.75 Å². The molecule has 0 unspecified atom stereocenters. The number of anilines is 2. The number of carbonyl (C=O) groups excluding carboxylic acids is 1. The topological polar surface area (TPSA) is 80.5 Å². The minimum absolute atomic E-state index is 0.0149. The van der Waals surface area contributed by atoms with Gasteiger partial charge in [-0.25, -0.2) is 4.98 Å². The lowest BCUT2D eigenvalue weighted by molar-refractivity contribution is -0.120. The molecule has 4 rings (SSSR count). The van der Waals surface area contributed by atoms with Crippen LogP contribution in [0.3, 0.4) is 0 Å². The van der Waals surface area contributed by atoms with Crippen molar-refractivity contribution in [2.75, 3.05) is 30.4 Å². The third kappa shape index (κ3) is 3.77. The van der Waals surface area contributed by atoms with Gasteiger partial charge in [0, 0.05) is 30.3 Å². The zero-order valence-corrected chi connectivity index (χ0v) is 17.3. The summed E-state index contributed by atoms with van der Waals surface area (Å²) < 4.78 is 11.0. The number of aryl methyl sites for hydroxylation is 3. The van der Waals surface area contributed by atoms with E-state index in [4.69, 9.17) is 14.1 Å². The number of nitrogens with zero attached hydrogens (tertiary/aromatic N) is 3.